The van der Waals surface area contributed by atoms with Gasteiger partial charge in [-0.3, -0.25) is 4.79 Å². The molecule has 1 aliphatic carbocycles. The average Bonchev–Trinajstić information content (AvgIpc) is 2.94. The lowest BCUT2D eigenvalue weighted by molar-refractivity contribution is -0.124. The van der Waals surface area contributed by atoms with Gasteiger partial charge in [0.2, 0.25) is 5.91 Å². The number of carbonyl (C=O) groups is 1. The fourth-order valence-corrected chi connectivity index (χ4v) is 2.43. The molecule has 4 heteroatoms. The van der Waals surface area contributed by atoms with Gasteiger partial charge in [-0.2, -0.15) is 0 Å². The van der Waals surface area contributed by atoms with Crippen LogP contribution >= 0.6 is 0 Å². The van der Waals surface area contributed by atoms with Crippen molar-refractivity contribution in [2.24, 2.45) is 11.3 Å². The van der Waals surface area contributed by atoms with Crippen molar-refractivity contribution in [1.29, 1.82) is 0 Å². The van der Waals surface area contributed by atoms with Crippen molar-refractivity contribution >= 4 is 5.91 Å². The van der Waals surface area contributed by atoms with Gasteiger partial charge in [-0.15, -0.1) is 0 Å². The molecule has 0 aromatic carbocycles. The van der Waals surface area contributed by atoms with Gasteiger partial charge in [-0.05, 0) is 30.4 Å². The van der Waals surface area contributed by atoms with E-state index < -0.39 is 0 Å². The highest BCUT2D eigenvalue weighted by atomic mass is 16.3. The molecule has 0 bridgehead atoms. The van der Waals surface area contributed by atoms with E-state index in [9.17, 15) is 4.79 Å². The number of hydrogen-bond acceptors (Lipinski definition) is 3. The van der Waals surface area contributed by atoms with Crippen LogP contribution in [-0.2, 0) is 4.79 Å². The Morgan fingerprint density at radius 2 is 2.32 bits per heavy atom. The largest absolute Gasteiger partial charge is 0.469 e. The topological polar surface area (TPSA) is 62.5 Å². The van der Waals surface area contributed by atoms with Gasteiger partial charge < -0.3 is 14.8 Å². The van der Waals surface area contributed by atoms with E-state index in [4.69, 9.17) is 9.52 Å². The van der Waals surface area contributed by atoms with Crippen LogP contribution in [0.3, 0.4) is 0 Å². The van der Waals surface area contributed by atoms with E-state index in [0.717, 1.165) is 12.2 Å². The quantitative estimate of drug-likeness (QED) is 0.858. The first kappa shape index (κ1) is 14.1. The van der Waals surface area contributed by atoms with E-state index in [-0.39, 0.29) is 35.8 Å². The normalized spacial score (nSPS) is 24.0. The average molecular weight is 265 g/mol. The maximum Gasteiger partial charge on any atom is 0.224 e. The predicted molar refractivity (Wildman–Crippen MR) is 72.6 cm³/mol. The van der Waals surface area contributed by atoms with Crippen molar-refractivity contribution in [1.82, 2.24) is 5.32 Å². The predicted octanol–water partition coefficient (Wildman–Crippen LogP) is 2.30. The van der Waals surface area contributed by atoms with Crippen LogP contribution in [-0.4, -0.2) is 23.7 Å². The summed E-state index contributed by atoms with van der Waals surface area (Å²) in [6.45, 7) is 6.31. The SMILES string of the molecule is CC(C)(C)C(CCO)NC(=O)C1CC1c1ccco1. The molecule has 0 spiro atoms. The third kappa shape index (κ3) is 3.38. The van der Waals surface area contributed by atoms with E-state index >= 15 is 0 Å². The molecule has 1 heterocycles. The zero-order valence-corrected chi connectivity index (χ0v) is 11.8. The van der Waals surface area contributed by atoms with Gasteiger partial charge in [0.05, 0.1) is 6.26 Å². The number of carbonyl (C=O) groups excluding carboxylic acids is 1. The van der Waals surface area contributed by atoms with Crippen molar-refractivity contribution in [3.63, 3.8) is 0 Å². The lowest BCUT2D eigenvalue weighted by atomic mass is 9.85. The fourth-order valence-electron chi connectivity index (χ4n) is 2.43. The number of hydrogen-bond donors (Lipinski definition) is 2. The second-order valence-corrected chi connectivity index (χ2v) is 6.40. The summed E-state index contributed by atoms with van der Waals surface area (Å²) in [5.41, 5.74) is -0.0482. The van der Waals surface area contributed by atoms with Crippen molar-refractivity contribution in [3.8, 4) is 0 Å². The zero-order chi connectivity index (χ0) is 14.0. The van der Waals surface area contributed by atoms with Crippen LogP contribution < -0.4 is 5.32 Å². The Bertz CT molecular complexity index is 419. The van der Waals surface area contributed by atoms with Gasteiger partial charge in [-0.25, -0.2) is 0 Å². The molecule has 0 radical (unpaired) electrons. The van der Waals surface area contributed by atoms with Crippen molar-refractivity contribution in [2.45, 2.75) is 45.6 Å². The van der Waals surface area contributed by atoms with Gasteiger partial charge in [-0.1, -0.05) is 20.8 Å². The van der Waals surface area contributed by atoms with Crippen LogP contribution in [0.5, 0.6) is 0 Å². The summed E-state index contributed by atoms with van der Waals surface area (Å²) in [5.74, 6) is 1.23. The van der Waals surface area contributed by atoms with E-state index in [0.29, 0.717) is 6.42 Å². The molecule has 4 nitrogen and oxygen atoms in total. The third-order valence-electron chi connectivity index (χ3n) is 3.82. The fraction of sp³-hybridized carbons (Fsp3) is 0.667. The molecule has 2 rings (SSSR count). The Labute approximate surface area is 114 Å². The highest BCUT2D eigenvalue weighted by molar-refractivity contribution is 5.83. The van der Waals surface area contributed by atoms with Gasteiger partial charge in [0.1, 0.15) is 5.76 Å². The van der Waals surface area contributed by atoms with E-state index in [1.54, 1.807) is 6.26 Å². The van der Waals surface area contributed by atoms with Crippen molar-refractivity contribution in [3.05, 3.63) is 24.2 Å². The molecular weight excluding hydrogens is 242 g/mol. The number of aliphatic hydroxyl groups is 1. The lowest BCUT2D eigenvalue weighted by Crippen LogP contribution is -2.45. The Morgan fingerprint density at radius 3 is 2.84 bits per heavy atom. The molecule has 0 saturated heterocycles. The van der Waals surface area contributed by atoms with Crippen LogP contribution in [0.15, 0.2) is 22.8 Å². The molecule has 3 unspecified atom stereocenters. The van der Waals surface area contributed by atoms with Crippen LogP contribution in [0.4, 0.5) is 0 Å². The summed E-state index contributed by atoms with van der Waals surface area (Å²) in [5, 5.41) is 12.2. The first-order valence-corrected chi connectivity index (χ1v) is 6.88. The molecule has 2 N–H and O–H groups in total. The highest BCUT2D eigenvalue weighted by Gasteiger charge is 2.46. The Hall–Kier alpha value is -1.29. The number of amides is 1. The second-order valence-electron chi connectivity index (χ2n) is 6.40. The molecule has 1 aromatic heterocycles. The summed E-state index contributed by atoms with van der Waals surface area (Å²) in [6, 6.07) is 3.78. The first-order chi connectivity index (χ1) is 8.93. The smallest absolute Gasteiger partial charge is 0.224 e. The Morgan fingerprint density at radius 1 is 1.58 bits per heavy atom. The lowest BCUT2D eigenvalue weighted by Gasteiger charge is -2.31. The third-order valence-corrected chi connectivity index (χ3v) is 3.82. The molecule has 1 aliphatic rings. The number of furan rings is 1. The van der Waals surface area contributed by atoms with Gasteiger partial charge in [0, 0.05) is 24.5 Å². The number of rotatable bonds is 5. The molecular formula is C15H23NO3. The molecule has 1 amide bonds. The van der Waals surface area contributed by atoms with Crippen molar-refractivity contribution in [2.75, 3.05) is 6.61 Å². The molecule has 19 heavy (non-hydrogen) atoms. The Kier molecular flexibility index (Phi) is 3.99. The van der Waals surface area contributed by atoms with Crippen LogP contribution in [0.2, 0.25) is 0 Å². The molecule has 1 saturated carbocycles. The van der Waals surface area contributed by atoms with Crippen molar-refractivity contribution < 1.29 is 14.3 Å². The monoisotopic (exact) mass is 265 g/mol. The standard InChI is InChI=1S/C15H23NO3/c1-15(2,3)13(6-7-17)16-14(18)11-9-10(11)12-5-4-8-19-12/h4-5,8,10-11,13,17H,6-7,9H2,1-3H3,(H,16,18). The highest BCUT2D eigenvalue weighted by Crippen LogP contribution is 2.47. The maximum atomic E-state index is 12.2. The van der Waals surface area contributed by atoms with E-state index in [1.165, 1.54) is 0 Å². The van der Waals surface area contributed by atoms with Gasteiger partial charge in [0.15, 0.2) is 0 Å². The molecule has 1 aromatic rings. The first-order valence-electron chi connectivity index (χ1n) is 6.88. The zero-order valence-electron chi connectivity index (χ0n) is 11.8. The van der Waals surface area contributed by atoms with Crippen LogP contribution in [0.1, 0.15) is 45.3 Å². The molecule has 1 fully saturated rings. The summed E-state index contributed by atoms with van der Waals surface area (Å²) >= 11 is 0. The summed E-state index contributed by atoms with van der Waals surface area (Å²) in [6.07, 6.45) is 3.09. The van der Waals surface area contributed by atoms with Crippen LogP contribution in [0.25, 0.3) is 0 Å². The summed E-state index contributed by atoms with van der Waals surface area (Å²) in [7, 11) is 0. The van der Waals surface area contributed by atoms with E-state index in [2.05, 4.69) is 26.1 Å². The maximum absolute atomic E-state index is 12.2. The van der Waals surface area contributed by atoms with E-state index in [1.807, 2.05) is 12.1 Å². The van der Waals surface area contributed by atoms with Crippen LogP contribution in [0, 0.1) is 11.3 Å². The molecule has 3 atom stereocenters. The number of nitrogens with one attached hydrogen (secondary N) is 1. The summed E-state index contributed by atoms with van der Waals surface area (Å²) in [4.78, 5) is 12.2. The molecule has 106 valence electrons. The van der Waals surface area contributed by atoms with Gasteiger partial charge in [0.25, 0.3) is 0 Å². The second kappa shape index (κ2) is 5.37. The minimum Gasteiger partial charge on any atom is -0.469 e. The minimum absolute atomic E-state index is 0.00264. The Balaban J connectivity index is 1.91. The summed E-state index contributed by atoms with van der Waals surface area (Å²) < 4.78 is 5.34. The minimum atomic E-state index is -0.0482. The number of aliphatic hydroxyl groups excluding tert-OH is 1. The van der Waals surface area contributed by atoms with Gasteiger partial charge >= 0.3 is 0 Å². The molecule has 0 aliphatic heterocycles.